The van der Waals surface area contributed by atoms with Crippen molar-refractivity contribution in [3.8, 4) is 0 Å². The van der Waals surface area contributed by atoms with Crippen molar-refractivity contribution in [1.29, 1.82) is 0 Å². The molecule has 2 aromatic rings. The molecule has 0 aromatic carbocycles. The average molecular weight is 289 g/mol. The zero-order chi connectivity index (χ0) is 13.7. The summed E-state index contributed by atoms with van der Waals surface area (Å²) in [6.45, 7) is 3.17. The minimum absolute atomic E-state index is 0.0427. The third-order valence-corrected chi connectivity index (χ3v) is 5.30. The van der Waals surface area contributed by atoms with Crippen LogP contribution in [0.15, 0.2) is 22.4 Å². The molecule has 0 spiro atoms. The van der Waals surface area contributed by atoms with Gasteiger partial charge in [0.05, 0.1) is 5.69 Å². The molecule has 2 fully saturated rings. The van der Waals surface area contributed by atoms with Gasteiger partial charge < -0.3 is 0 Å². The van der Waals surface area contributed by atoms with Crippen LogP contribution < -0.4 is 5.56 Å². The highest BCUT2D eigenvalue weighted by atomic mass is 32.1. The second-order valence-electron chi connectivity index (χ2n) is 6.12. The predicted octanol–water partition coefficient (Wildman–Crippen LogP) is 2.52. The maximum absolute atomic E-state index is 12.1. The normalized spacial score (nSPS) is 20.7. The number of fused-ring (bicyclic) bond motifs is 1. The Morgan fingerprint density at radius 1 is 1.45 bits per heavy atom. The molecule has 106 valence electrons. The molecule has 0 aliphatic heterocycles. The van der Waals surface area contributed by atoms with Crippen LogP contribution in [0.5, 0.6) is 0 Å². The summed E-state index contributed by atoms with van der Waals surface area (Å²) in [6.07, 6.45) is 7.13. The SMILES string of the molecule is CC(C1CC1)N(Cc1cc(=O)n2ccsc2n1)C1CC1. The van der Waals surface area contributed by atoms with Crippen molar-refractivity contribution < 1.29 is 0 Å². The molecule has 1 atom stereocenters. The zero-order valence-corrected chi connectivity index (χ0v) is 12.5. The summed E-state index contributed by atoms with van der Waals surface area (Å²) in [7, 11) is 0. The average Bonchev–Trinajstić information content (AvgIpc) is 3.33. The van der Waals surface area contributed by atoms with Gasteiger partial charge in [-0.25, -0.2) is 4.98 Å². The smallest absolute Gasteiger partial charge is 0.258 e. The Hall–Kier alpha value is -1.20. The Kier molecular flexibility index (Phi) is 2.93. The molecule has 20 heavy (non-hydrogen) atoms. The number of thiazole rings is 1. The lowest BCUT2D eigenvalue weighted by Gasteiger charge is -2.28. The zero-order valence-electron chi connectivity index (χ0n) is 11.7. The summed E-state index contributed by atoms with van der Waals surface area (Å²) in [6, 6.07) is 3.05. The van der Waals surface area contributed by atoms with Crippen molar-refractivity contribution in [3.63, 3.8) is 0 Å². The third kappa shape index (κ3) is 2.29. The molecule has 0 bridgehead atoms. The van der Waals surface area contributed by atoms with Crippen molar-refractivity contribution in [1.82, 2.24) is 14.3 Å². The van der Waals surface area contributed by atoms with Gasteiger partial charge in [0, 0.05) is 36.3 Å². The second kappa shape index (κ2) is 4.67. The van der Waals surface area contributed by atoms with Gasteiger partial charge in [-0.2, -0.15) is 0 Å². The predicted molar refractivity (Wildman–Crippen MR) is 80.1 cm³/mol. The first kappa shape index (κ1) is 12.5. The summed E-state index contributed by atoms with van der Waals surface area (Å²) >= 11 is 1.53. The lowest BCUT2D eigenvalue weighted by molar-refractivity contribution is 0.168. The fraction of sp³-hybridized carbons (Fsp3) is 0.600. The van der Waals surface area contributed by atoms with Crippen LogP contribution in [0.3, 0.4) is 0 Å². The van der Waals surface area contributed by atoms with Crippen LogP contribution >= 0.6 is 11.3 Å². The summed E-state index contributed by atoms with van der Waals surface area (Å²) in [5.41, 5.74) is 0.970. The molecule has 2 aliphatic rings. The molecule has 4 rings (SSSR count). The molecule has 0 N–H and O–H groups in total. The Labute approximate surface area is 122 Å². The molecule has 5 heteroatoms. The van der Waals surface area contributed by atoms with E-state index in [0.717, 1.165) is 23.1 Å². The van der Waals surface area contributed by atoms with Crippen LogP contribution in [0.2, 0.25) is 0 Å². The maximum atomic E-state index is 12.1. The molecule has 1 unspecified atom stereocenters. The van der Waals surface area contributed by atoms with Crippen molar-refractivity contribution in [2.75, 3.05) is 0 Å². The van der Waals surface area contributed by atoms with E-state index in [1.165, 1.54) is 37.0 Å². The molecule has 2 saturated carbocycles. The molecule has 2 aromatic heterocycles. The fourth-order valence-electron chi connectivity index (χ4n) is 3.02. The molecule has 4 nitrogen and oxygen atoms in total. The van der Waals surface area contributed by atoms with Crippen molar-refractivity contribution in [2.45, 2.75) is 51.2 Å². The number of hydrogen-bond acceptors (Lipinski definition) is 4. The van der Waals surface area contributed by atoms with Gasteiger partial charge in [0.25, 0.3) is 5.56 Å². The maximum Gasteiger partial charge on any atom is 0.258 e. The molecule has 0 saturated heterocycles. The molecular formula is C15H19N3OS. The second-order valence-corrected chi connectivity index (χ2v) is 7.00. The summed E-state index contributed by atoms with van der Waals surface area (Å²) in [4.78, 5) is 20.1. The van der Waals surface area contributed by atoms with Crippen molar-refractivity contribution in [2.24, 2.45) is 5.92 Å². The van der Waals surface area contributed by atoms with Crippen LogP contribution in [0.25, 0.3) is 4.96 Å². The summed E-state index contributed by atoms with van der Waals surface area (Å²) in [5, 5.41) is 1.92. The van der Waals surface area contributed by atoms with E-state index in [4.69, 9.17) is 0 Å². The first-order chi connectivity index (χ1) is 9.72. The highest BCUT2D eigenvalue weighted by Crippen LogP contribution is 2.40. The van der Waals surface area contributed by atoms with E-state index >= 15 is 0 Å². The summed E-state index contributed by atoms with van der Waals surface area (Å²) in [5.74, 6) is 0.863. The first-order valence-corrected chi connectivity index (χ1v) is 8.32. The van der Waals surface area contributed by atoms with Gasteiger partial charge in [-0.3, -0.25) is 14.1 Å². The van der Waals surface area contributed by atoms with Crippen LogP contribution in [-0.4, -0.2) is 26.4 Å². The van der Waals surface area contributed by atoms with E-state index in [1.54, 1.807) is 16.7 Å². The third-order valence-electron chi connectivity index (χ3n) is 4.54. The Bertz CT molecular complexity index is 684. The molecule has 2 aliphatic carbocycles. The van der Waals surface area contributed by atoms with Gasteiger partial charge >= 0.3 is 0 Å². The van der Waals surface area contributed by atoms with E-state index in [1.807, 2.05) is 5.38 Å². The van der Waals surface area contributed by atoms with Crippen LogP contribution in [0.1, 0.15) is 38.3 Å². The van der Waals surface area contributed by atoms with Crippen LogP contribution in [0.4, 0.5) is 0 Å². The number of nitrogens with zero attached hydrogens (tertiary/aromatic N) is 3. The minimum Gasteiger partial charge on any atom is -0.292 e. The standard InChI is InChI=1S/C15H19N3OS/c1-10(11-2-3-11)18(13-4-5-13)9-12-8-14(19)17-6-7-20-15(17)16-12/h6-8,10-11,13H,2-5,9H2,1H3. The number of rotatable bonds is 5. The molecular weight excluding hydrogens is 270 g/mol. The largest absolute Gasteiger partial charge is 0.292 e. The Balaban J connectivity index is 1.62. The van der Waals surface area contributed by atoms with E-state index in [2.05, 4.69) is 16.8 Å². The lowest BCUT2D eigenvalue weighted by atomic mass is 10.1. The Morgan fingerprint density at radius 3 is 2.95 bits per heavy atom. The van der Waals surface area contributed by atoms with Crippen molar-refractivity contribution >= 4 is 16.3 Å². The van der Waals surface area contributed by atoms with Crippen molar-refractivity contribution in [3.05, 3.63) is 33.7 Å². The van der Waals surface area contributed by atoms with Gasteiger partial charge in [0.2, 0.25) is 0 Å². The van der Waals surface area contributed by atoms with Gasteiger partial charge in [-0.1, -0.05) is 0 Å². The number of hydrogen-bond donors (Lipinski definition) is 0. The fourth-order valence-corrected chi connectivity index (χ4v) is 3.76. The Morgan fingerprint density at radius 2 is 2.25 bits per heavy atom. The molecule has 2 heterocycles. The molecule has 0 radical (unpaired) electrons. The van der Waals surface area contributed by atoms with E-state index in [-0.39, 0.29) is 5.56 Å². The van der Waals surface area contributed by atoms with E-state index in [9.17, 15) is 4.79 Å². The highest BCUT2D eigenvalue weighted by molar-refractivity contribution is 7.15. The summed E-state index contributed by atoms with van der Waals surface area (Å²) < 4.78 is 1.62. The van der Waals surface area contributed by atoms with Gasteiger partial charge in [-0.15, -0.1) is 11.3 Å². The quantitative estimate of drug-likeness (QED) is 0.849. The highest BCUT2D eigenvalue weighted by Gasteiger charge is 2.39. The monoisotopic (exact) mass is 289 g/mol. The van der Waals surface area contributed by atoms with Gasteiger partial charge in [-0.05, 0) is 38.5 Å². The van der Waals surface area contributed by atoms with E-state index < -0.39 is 0 Å². The lowest BCUT2D eigenvalue weighted by Crippen LogP contribution is -2.36. The first-order valence-electron chi connectivity index (χ1n) is 7.44. The topological polar surface area (TPSA) is 37.6 Å². The van der Waals surface area contributed by atoms with Crippen LogP contribution in [0, 0.1) is 5.92 Å². The van der Waals surface area contributed by atoms with Gasteiger partial charge in [0.1, 0.15) is 0 Å². The minimum atomic E-state index is 0.0427. The van der Waals surface area contributed by atoms with E-state index in [0.29, 0.717) is 12.1 Å². The molecule has 0 amide bonds. The van der Waals surface area contributed by atoms with Gasteiger partial charge in [0.15, 0.2) is 4.96 Å². The number of aromatic nitrogens is 2. The van der Waals surface area contributed by atoms with Crippen LogP contribution in [-0.2, 0) is 6.54 Å².